The van der Waals surface area contributed by atoms with Crippen molar-refractivity contribution >= 4 is 21.6 Å². The summed E-state index contributed by atoms with van der Waals surface area (Å²) in [5.41, 5.74) is 0.510. The molecular weight excluding hydrogens is 318 g/mol. The molecule has 2 saturated heterocycles. The normalized spacial score (nSPS) is 22.9. The largest absolute Gasteiger partial charge is 0.379 e. The number of amides is 1. The molecule has 1 unspecified atom stereocenters. The van der Waals surface area contributed by atoms with Crippen molar-refractivity contribution in [3.05, 3.63) is 24.3 Å². The molecule has 1 atom stereocenters. The van der Waals surface area contributed by atoms with Crippen LogP contribution < -0.4 is 10.6 Å². The maximum absolute atomic E-state index is 12.6. The van der Waals surface area contributed by atoms with Gasteiger partial charge in [0.15, 0.2) is 0 Å². The lowest BCUT2D eigenvalue weighted by atomic mass is 10.1. The highest BCUT2D eigenvalue weighted by atomic mass is 32.2. The second-order valence-electron chi connectivity index (χ2n) is 5.72. The van der Waals surface area contributed by atoms with Crippen LogP contribution in [0.15, 0.2) is 29.2 Å². The zero-order valence-electron chi connectivity index (χ0n) is 12.8. The number of carbonyl (C=O) groups excluding carboxylic acids is 1. The quantitative estimate of drug-likeness (QED) is 0.821. The summed E-state index contributed by atoms with van der Waals surface area (Å²) < 4.78 is 31.9. The van der Waals surface area contributed by atoms with Crippen LogP contribution >= 0.6 is 0 Å². The summed E-state index contributed by atoms with van der Waals surface area (Å²) in [5.74, 6) is -0.134. The fraction of sp³-hybridized carbons (Fsp3) is 0.533. The van der Waals surface area contributed by atoms with E-state index in [4.69, 9.17) is 4.74 Å². The molecule has 2 fully saturated rings. The smallest absolute Gasteiger partial charge is 0.243 e. The molecule has 0 radical (unpaired) electrons. The van der Waals surface area contributed by atoms with E-state index >= 15 is 0 Å². The van der Waals surface area contributed by atoms with E-state index in [2.05, 4.69) is 10.6 Å². The summed E-state index contributed by atoms with van der Waals surface area (Å²) in [6, 6.07) is 6.43. The predicted molar refractivity (Wildman–Crippen MR) is 85.6 cm³/mol. The van der Waals surface area contributed by atoms with E-state index in [-0.39, 0.29) is 16.7 Å². The van der Waals surface area contributed by atoms with Gasteiger partial charge in [0.05, 0.1) is 24.0 Å². The highest BCUT2D eigenvalue weighted by Crippen LogP contribution is 2.21. The topological polar surface area (TPSA) is 87.7 Å². The van der Waals surface area contributed by atoms with Gasteiger partial charge in [0.25, 0.3) is 0 Å². The number of rotatable bonds is 4. The van der Waals surface area contributed by atoms with Crippen molar-refractivity contribution in [1.29, 1.82) is 0 Å². The molecule has 23 heavy (non-hydrogen) atoms. The number of nitrogens with one attached hydrogen (secondary N) is 2. The fourth-order valence-corrected chi connectivity index (χ4v) is 4.25. The van der Waals surface area contributed by atoms with Crippen LogP contribution in [-0.2, 0) is 19.6 Å². The summed E-state index contributed by atoms with van der Waals surface area (Å²) in [5, 5.41) is 5.96. The van der Waals surface area contributed by atoms with E-state index in [9.17, 15) is 13.2 Å². The number of anilines is 1. The third-order valence-electron chi connectivity index (χ3n) is 4.14. The van der Waals surface area contributed by atoms with Crippen molar-refractivity contribution in [1.82, 2.24) is 9.62 Å². The molecule has 8 heteroatoms. The number of nitrogens with zero attached hydrogens (tertiary/aromatic N) is 1. The first kappa shape index (κ1) is 16.4. The maximum Gasteiger partial charge on any atom is 0.243 e. The number of morpholine rings is 1. The van der Waals surface area contributed by atoms with E-state index in [0.29, 0.717) is 38.5 Å². The second kappa shape index (κ2) is 6.96. The molecule has 0 saturated carbocycles. The van der Waals surface area contributed by atoms with Gasteiger partial charge in [0, 0.05) is 25.3 Å². The van der Waals surface area contributed by atoms with Gasteiger partial charge in [-0.1, -0.05) is 6.07 Å². The lowest BCUT2D eigenvalue weighted by molar-refractivity contribution is -0.119. The third-order valence-corrected chi connectivity index (χ3v) is 6.04. The number of ether oxygens (including phenoxy) is 1. The van der Waals surface area contributed by atoms with Crippen LogP contribution in [0.25, 0.3) is 0 Å². The molecule has 3 rings (SSSR count). The van der Waals surface area contributed by atoms with Gasteiger partial charge in [-0.3, -0.25) is 4.79 Å². The number of carbonyl (C=O) groups is 1. The highest BCUT2D eigenvalue weighted by Gasteiger charge is 2.27. The average molecular weight is 339 g/mol. The lowest BCUT2D eigenvalue weighted by Crippen LogP contribution is -2.40. The zero-order chi connectivity index (χ0) is 16.3. The first-order valence-electron chi connectivity index (χ1n) is 7.77. The highest BCUT2D eigenvalue weighted by molar-refractivity contribution is 7.89. The molecule has 7 nitrogen and oxygen atoms in total. The minimum Gasteiger partial charge on any atom is -0.379 e. The van der Waals surface area contributed by atoms with E-state index in [1.165, 1.54) is 10.4 Å². The van der Waals surface area contributed by atoms with Crippen LogP contribution in [0, 0.1) is 5.92 Å². The fourth-order valence-electron chi connectivity index (χ4n) is 2.79. The third kappa shape index (κ3) is 3.72. The van der Waals surface area contributed by atoms with Gasteiger partial charge in [-0.25, -0.2) is 8.42 Å². The van der Waals surface area contributed by atoms with Gasteiger partial charge in [0.2, 0.25) is 15.9 Å². The summed E-state index contributed by atoms with van der Waals surface area (Å²) in [6.07, 6.45) is 0.803. The molecular formula is C15H21N3O4S. The van der Waals surface area contributed by atoms with E-state index < -0.39 is 10.0 Å². The molecule has 2 aliphatic rings. The van der Waals surface area contributed by atoms with Crippen LogP contribution in [0.2, 0.25) is 0 Å². The minimum atomic E-state index is -3.55. The Labute approximate surface area is 136 Å². The van der Waals surface area contributed by atoms with Gasteiger partial charge >= 0.3 is 0 Å². The van der Waals surface area contributed by atoms with Gasteiger partial charge in [-0.15, -0.1) is 0 Å². The van der Waals surface area contributed by atoms with Crippen molar-refractivity contribution in [2.24, 2.45) is 5.92 Å². The first-order chi connectivity index (χ1) is 11.1. The first-order valence-corrected chi connectivity index (χ1v) is 9.21. The van der Waals surface area contributed by atoms with Crippen molar-refractivity contribution in [3.8, 4) is 0 Å². The molecule has 0 aromatic heterocycles. The minimum absolute atomic E-state index is 0.0606. The van der Waals surface area contributed by atoms with E-state index in [1.54, 1.807) is 18.2 Å². The second-order valence-corrected chi connectivity index (χ2v) is 7.66. The van der Waals surface area contributed by atoms with Gasteiger partial charge in [0.1, 0.15) is 0 Å². The van der Waals surface area contributed by atoms with Crippen molar-refractivity contribution < 1.29 is 17.9 Å². The SMILES string of the molecule is O=C(Nc1cccc(S(=O)(=O)N2CCOCC2)c1)C1CCNC1. The lowest BCUT2D eigenvalue weighted by Gasteiger charge is -2.26. The van der Waals surface area contributed by atoms with Gasteiger partial charge in [-0.05, 0) is 31.2 Å². The standard InChI is InChI=1S/C15H21N3O4S/c19-15(12-4-5-16-11-12)17-13-2-1-3-14(10-13)23(20,21)18-6-8-22-9-7-18/h1-3,10,12,16H,4-9,11H2,(H,17,19). The average Bonchev–Trinajstić information content (AvgIpc) is 3.10. The zero-order valence-corrected chi connectivity index (χ0v) is 13.6. The van der Waals surface area contributed by atoms with Crippen LogP contribution in [0.5, 0.6) is 0 Å². The Balaban J connectivity index is 1.75. The Morgan fingerprint density at radius 1 is 1.30 bits per heavy atom. The Morgan fingerprint density at radius 3 is 2.78 bits per heavy atom. The number of benzene rings is 1. The molecule has 1 aromatic rings. The molecule has 0 spiro atoms. The van der Waals surface area contributed by atoms with Gasteiger partial charge < -0.3 is 15.4 Å². The van der Waals surface area contributed by atoms with Crippen LogP contribution in [0.1, 0.15) is 6.42 Å². The van der Waals surface area contributed by atoms with E-state index in [0.717, 1.165) is 13.0 Å². The molecule has 1 amide bonds. The van der Waals surface area contributed by atoms with Crippen molar-refractivity contribution in [2.45, 2.75) is 11.3 Å². The monoisotopic (exact) mass is 339 g/mol. The van der Waals surface area contributed by atoms with Crippen molar-refractivity contribution in [2.75, 3.05) is 44.7 Å². The number of hydrogen-bond donors (Lipinski definition) is 2. The van der Waals surface area contributed by atoms with Gasteiger partial charge in [-0.2, -0.15) is 4.31 Å². The molecule has 126 valence electrons. The van der Waals surface area contributed by atoms with E-state index in [1.807, 2.05) is 0 Å². The maximum atomic E-state index is 12.6. The summed E-state index contributed by atoms with van der Waals surface area (Å²) in [6.45, 7) is 3.02. The Kier molecular flexibility index (Phi) is 4.96. The molecule has 2 heterocycles. The van der Waals surface area contributed by atoms with Crippen molar-refractivity contribution in [3.63, 3.8) is 0 Å². The number of sulfonamides is 1. The molecule has 1 aromatic carbocycles. The Hall–Kier alpha value is -1.48. The van der Waals surface area contributed by atoms with Crippen LogP contribution in [0.3, 0.4) is 0 Å². The molecule has 0 aliphatic carbocycles. The summed E-state index contributed by atoms with van der Waals surface area (Å²) >= 11 is 0. The summed E-state index contributed by atoms with van der Waals surface area (Å²) in [4.78, 5) is 12.3. The number of hydrogen-bond acceptors (Lipinski definition) is 5. The molecule has 0 bridgehead atoms. The Morgan fingerprint density at radius 2 is 2.09 bits per heavy atom. The molecule has 2 aliphatic heterocycles. The summed E-state index contributed by atoms with van der Waals surface area (Å²) in [7, 11) is -3.55. The Bertz CT molecular complexity index is 665. The van der Waals surface area contributed by atoms with Crippen LogP contribution in [-0.4, -0.2) is 58.0 Å². The predicted octanol–water partition coefficient (Wildman–Crippen LogP) is 0.256. The van der Waals surface area contributed by atoms with Crippen LogP contribution in [0.4, 0.5) is 5.69 Å². The molecule has 2 N–H and O–H groups in total.